The predicted octanol–water partition coefficient (Wildman–Crippen LogP) is 3.96. The highest BCUT2D eigenvalue weighted by molar-refractivity contribution is 5.94. The summed E-state index contributed by atoms with van der Waals surface area (Å²) in [5, 5.41) is 25.3. The van der Waals surface area contributed by atoms with E-state index >= 15 is 0 Å². The van der Waals surface area contributed by atoms with E-state index in [1.807, 2.05) is 0 Å². The molecule has 1 amide bonds. The van der Waals surface area contributed by atoms with Gasteiger partial charge >= 0.3 is 17.8 Å². The van der Waals surface area contributed by atoms with Crippen molar-refractivity contribution < 1.29 is 50.2 Å². The van der Waals surface area contributed by atoms with Crippen molar-refractivity contribution in [3.8, 4) is 11.4 Å². The lowest BCUT2D eigenvalue weighted by atomic mass is 10.1. The molecule has 3 rings (SSSR count). The van der Waals surface area contributed by atoms with Crippen LogP contribution in [-0.4, -0.2) is 32.1 Å². The van der Waals surface area contributed by atoms with E-state index in [0.29, 0.717) is 0 Å². The van der Waals surface area contributed by atoms with Crippen LogP contribution in [0.5, 0.6) is 5.75 Å². The zero-order chi connectivity index (χ0) is 26.9. The van der Waals surface area contributed by atoms with Gasteiger partial charge in [-0.1, -0.05) is 18.2 Å². The molecule has 0 aliphatic rings. The highest BCUT2D eigenvalue weighted by Crippen LogP contribution is 2.40. The standard InChI is InChI=1S/C18H8F7N5O6/c19-12-11(18(23,24)25)13(20)15(22)16(14(12)21)28-17(9(6-26-28)30(34)35)29(10(31)7-27(32)33)36-8-4-2-1-3-5-8/h1-6H,7H2. The Hall–Kier alpha value is -4.77. The van der Waals surface area contributed by atoms with Crippen LogP contribution in [0.1, 0.15) is 5.56 Å². The summed E-state index contributed by atoms with van der Waals surface area (Å²) in [5.41, 5.74) is -6.31. The monoisotopic (exact) mass is 523 g/mol. The molecular formula is C18H8F7N5O6. The zero-order valence-corrected chi connectivity index (χ0v) is 17.0. The molecule has 1 heterocycles. The second-order valence-corrected chi connectivity index (χ2v) is 6.58. The smallest absolute Gasteiger partial charge is 0.370 e. The number of amides is 1. The third kappa shape index (κ3) is 4.72. The van der Waals surface area contributed by atoms with Crippen LogP contribution in [0.2, 0.25) is 0 Å². The molecule has 0 N–H and O–H groups in total. The quantitative estimate of drug-likeness (QED) is 0.198. The molecule has 0 saturated heterocycles. The summed E-state index contributed by atoms with van der Waals surface area (Å²) in [6.07, 6.45) is -5.68. The maximum Gasteiger partial charge on any atom is 0.422 e. The van der Waals surface area contributed by atoms with Crippen molar-refractivity contribution >= 4 is 17.4 Å². The number of rotatable bonds is 7. The third-order valence-corrected chi connectivity index (χ3v) is 4.28. The topological polar surface area (TPSA) is 134 Å². The van der Waals surface area contributed by atoms with Crippen LogP contribution in [-0.2, 0) is 11.0 Å². The van der Waals surface area contributed by atoms with Gasteiger partial charge in [0.2, 0.25) is 0 Å². The number of hydrogen-bond acceptors (Lipinski definition) is 7. The molecular weight excluding hydrogens is 515 g/mol. The van der Waals surface area contributed by atoms with Crippen LogP contribution in [0.15, 0.2) is 36.5 Å². The maximum atomic E-state index is 14.6. The Balaban J connectivity index is 2.35. The maximum absolute atomic E-state index is 14.6. The lowest BCUT2D eigenvalue weighted by Gasteiger charge is -2.22. The second-order valence-electron chi connectivity index (χ2n) is 6.58. The largest absolute Gasteiger partial charge is 0.422 e. The van der Waals surface area contributed by atoms with Crippen LogP contribution in [0.3, 0.4) is 0 Å². The van der Waals surface area contributed by atoms with E-state index < -0.39 is 74.5 Å². The number of hydroxylamine groups is 1. The van der Waals surface area contributed by atoms with E-state index in [-0.39, 0.29) is 21.7 Å². The van der Waals surface area contributed by atoms with Crippen LogP contribution in [0.25, 0.3) is 5.69 Å². The Kier molecular flexibility index (Phi) is 6.80. The molecule has 0 bridgehead atoms. The molecule has 0 spiro atoms. The van der Waals surface area contributed by atoms with Crippen LogP contribution < -0.4 is 9.90 Å². The average Bonchev–Trinajstić information content (AvgIpc) is 3.20. The number of carbonyl (C=O) groups is 1. The van der Waals surface area contributed by atoms with Gasteiger partial charge in [0.1, 0.15) is 17.4 Å². The summed E-state index contributed by atoms with van der Waals surface area (Å²) in [5.74, 6) is -14.7. The number of nitrogens with zero attached hydrogens (tertiary/aromatic N) is 5. The van der Waals surface area contributed by atoms with Gasteiger partial charge in [0.05, 0.1) is 4.92 Å². The predicted molar refractivity (Wildman–Crippen MR) is 101 cm³/mol. The third-order valence-electron chi connectivity index (χ3n) is 4.28. The summed E-state index contributed by atoms with van der Waals surface area (Å²) < 4.78 is 96.1. The SMILES string of the molecule is O=C(C[N+](=O)[O-])N(Oc1ccccc1)c1c([N+](=O)[O-])cnn1-c1c(F)c(F)c(C(F)(F)F)c(F)c1F. The molecule has 0 aliphatic carbocycles. The van der Waals surface area contributed by atoms with E-state index in [0.717, 1.165) is 12.1 Å². The molecule has 0 atom stereocenters. The fourth-order valence-electron chi connectivity index (χ4n) is 2.84. The van der Waals surface area contributed by atoms with Crippen LogP contribution >= 0.6 is 0 Å². The molecule has 36 heavy (non-hydrogen) atoms. The number of para-hydroxylation sites is 1. The second kappa shape index (κ2) is 9.47. The van der Waals surface area contributed by atoms with E-state index in [1.165, 1.54) is 18.2 Å². The Bertz CT molecular complexity index is 1330. The molecule has 18 heteroatoms. The van der Waals surface area contributed by atoms with Gasteiger partial charge in [0.15, 0.2) is 29.0 Å². The summed E-state index contributed by atoms with van der Waals surface area (Å²) in [6.45, 7) is -1.62. The van der Waals surface area contributed by atoms with Crippen molar-refractivity contribution in [1.29, 1.82) is 0 Å². The first-order valence-corrected chi connectivity index (χ1v) is 9.09. The normalized spacial score (nSPS) is 11.3. The Labute approximate surface area is 193 Å². The first-order chi connectivity index (χ1) is 16.8. The summed E-state index contributed by atoms with van der Waals surface area (Å²) in [6, 6.07) is 6.35. The number of alkyl halides is 3. The number of benzene rings is 2. The first kappa shape index (κ1) is 25.8. The average molecular weight is 523 g/mol. The molecule has 0 aliphatic heterocycles. The number of aromatic nitrogens is 2. The van der Waals surface area contributed by atoms with Crippen molar-refractivity contribution in [1.82, 2.24) is 9.78 Å². The van der Waals surface area contributed by atoms with Crippen molar-refractivity contribution in [3.05, 3.63) is 85.6 Å². The molecule has 0 fully saturated rings. The lowest BCUT2D eigenvalue weighted by molar-refractivity contribution is -0.467. The highest BCUT2D eigenvalue weighted by atomic mass is 19.4. The van der Waals surface area contributed by atoms with Gasteiger partial charge in [0.25, 0.3) is 12.4 Å². The van der Waals surface area contributed by atoms with E-state index in [1.54, 1.807) is 0 Å². The fraction of sp³-hybridized carbons (Fsp3) is 0.111. The van der Waals surface area contributed by atoms with Crippen LogP contribution in [0, 0.1) is 43.5 Å². The van der Waals surface area contributed by atoms with Gasteiger partial charge in [-0.2, -0.15) is 18.3 Å². The highest BCUT2D eigenvalue weighted by Gasteiger charge is 2.44. The molecule has 0 radical (unpaired) electrons. The van der Waals surface area contributed by atoms with Crippen LogP contribution in [0.4, 0.5) is 42.2 Å². The number of halogens is 7. The molecule has 2 aromatic carbocycles. The minimum Gasteiger partial charge on any atom is -0.370 e. The molecule has 11 nitrogen and oxygen atoms in total. The minimum atomic E-state index is -5.89. The Morgan fingerprint density at radius 1 is 1.00 bits per heavy atom. The molecule has 1 aromatic heterocycles. The zero-order valence-electron chi connectivity index (χ0n) is 17.0. The van der Waals surface area contributed by atoms with Crippen molar-refractivity contribution in [2.24, 2.45) is 0 Å². The number of anilines is 1. The molecule has 0 unspecified atom stereocenters. The number of nitro groups is 2. The molecule has 0 saturated carbocycles. The van der Waals surface area contributed by atoms with Crippen molar-refractivity contribution in [2.45, 2.75) is 6.18 Å². The summed E-state index contributed by atoms with van der Waals surface area (Å²) >= 11 is 0. The van der Waals surface area contributed by atoms with Crippen molar-refractivity contribution in [3.63, 3.8) is 0 Å². The molecule has 190 valence electrons. The van der Waals surface area contributed by atoms with E-state index in [4.69, 9.17) is 4.84 Å². The summed E-state index contributed by atoms with van der Waals surface area (Å²) in [7, 11) is 0. The summed E-state index contributed by atoms with van der Waals surface area (Å²) in [4.78, 5) is 37.4. The first-order valence-electron chi connectivity index (χ1n) is 9.09. The van der Waals surface area contributed by atoms with Gasteiger partial charge in [-0.05, 0) is 12.1 Å². The van der Waals surface area contributed by atoms with Gasteiger partial charge < -0.3 is 4.84 Å². The van der Waals surface area contributed by atoms with E-state index in [9.17, 15) is 55.8 Å². The number of carbonyl (C=O) groups excluding carboxylic acids is 1. The Morgan fingerprint density at radius 2 is 1.56 bits per heavy atom. The fourth-order valence-corrected chi connectivity index (χ4v) is 2.84. The minimum absolute atomic E-state index is 0.211. The van der Waals surface area contributed by atoms with Gasteiger partial charge in [0, 0.05) is 4.92 Å². The van der Waals surface area contributed by atoms with Gasteiger partial charge in [-0.15, -0.1) is 5.06 Å². The Morgan fingerprint density at radius 3 is 2.03 bits per heavy atom. The lowest BCUT2D eigenvalue weighted by Crippen LogP contribution is -2.40. The van der Waals surface area contributed by atoms with Crippen molar-refractivity contribution in [2.75, 3.05) is 11.6 Å². The van der Waals surface area contributed by atoms with Gasteiger partial charge in [-0.3, -0.25) is 25.0 Å². The van der Waals surface area contributed by atoms with E-state index in [2.05, 4.69) is 5.10 Å². The van der Waals surface area contributed by atoms with Gasteiger partial charge in [-0.25, -0.2) is 22.2 Å². The molecule has 3 aromatic rings. The number of hydrogen-bond donors (Lipinski definition) is 0.